The van der Waals surface area contributed by atoms with Crippen LogP contribution in [0.5, 0.6) is 5.75 Å². The van der Waals surface area contributed by atoms with Crippen LogP contribution in [0.15, 0.2) is 29.3 Å². The number of nitrogens with zero attached hydrogens (tertiary/aromatic N) is 2. The van der Waals surface area contributed by atoms with Crippen molar-refractivity contribution in [1.29, 1.82) is 0 Å². The van der Waals surface area contributed by atoms with Crippen LogP contribution >= 0.6 is 0 Å². The molecule has 158 valence electrons. The maximum absolute atomic E-state index is 5.93. The van der Waals surface area contributed by atoms with Crippen LogP contribution in [0.3, 0.4) is 0 Å². The molecule has 6 heteroatoms. The molecule has 0 radical (unpaired) electrons. The van der Waals surface area contributed by atoms with Gasteiger partial charge >= 0.3 is 0 Å². The predicted molar refractivity (Wildman–Crippen MR) is 114 cm³/mol. The van der Waals surface area contributed by atoms with Crippen molar-refractivity contribution >= 4 is 5.96 Å². The first-order valence-electron chi connectivity index (χ1n) is 10.2. The number of nitrogens with one attached hydrogen (secondary N) is 1. The zero-order chi connectivity index (χ0) is 20.4. The molecule has 6 nitrogen and oxygen atoms in total. The smallest absolute Gasteiger partial charge is 0.193 e. The van der Waals surface area contributed by atoms with E-state index >= 15 is 0 Å². The fourth-order valence-corrected chi connectivity index (χ4v) is 3.27. The van der Waals surface area contributed by atoms with Crippen molar-refractivity contribution in [3.63, 3.8) is 0 Å². The van der Waals surface area contributed by atoms with Gasteiger partial charge in [0.1, 0.15) is 12.4 Å². The Balaban J connectivity index is 1.70. The van der Waals surface area contributed by atoms with Gasteiger partial charge in [0, 0.05) is 33.2 Å². The van der Waals surface area contributed by atoms with Crippen LogP contribution in [0.4, 0.5) is 0 Å². The van der Waals surface area contributed by atoms with Crippen molar-refractivity contribution in [1.82, 2.24) is 10.2 Å². The minimum Gasteiger partial charge on any atom is -0.492 e. The molecule has 1 saturated heterocycles. The van der Waals surface area contributed by atoms with Gasteiger partial charge in [-0.15, -0.1) is 0 Å². The third-order valence-electron chi connectivity index (χ3n) is 4.94. The highest BCUT2D eigenvalue weighted by molar-refractivity contribution is 5.80. The summed E-state index contributed by atoms with van der Waals surface area (Å²) in [7, 11) is 3.53. The summed E-state index contributed by atoms with van der Waals surface area (Å²) in [6.45, 7) is 12.0. The number of hydrogen-bond donors (Lipinski definition) is 1. The Morgan fingerprint density at radius 1 is 1.25 bits per heavy atom. The number of methoxy groups -OCH3 is 1. The van der Waals surface area contributed by atoms with Crippen molar-refractivity contribution in [3.8, 4) is 5.75 Å². The second-order valence-corrected chi connectivity index (χ2v) is 8.27. The first-order valence-corrected chi connectivity index (χ1v) is 10.2. The number of aliphatic imine (C=N–C) groups is 1. The van der Waals surface area contributed by atoms with Gasteiger partial charge in [-0.2, -0.15) is 0 Å². The number of likely N-dealkylation sites (tertiary alicyclic amines) is 1. The lowest BCUT2D eigenvalue weighted by Gasteiger charge is -2.22. The molecule has 1 N–H and O–H groups in total. The van der Waals surface area contributed by atoms with E-state index in [1.807, 2.05) is 13.1 Å². The largest absolute Gasteiger partial charge is 0.492 e. The van der Waals surface area contributed by atoms with E-state index in [4.69, 9.17) is 14.2 Å². The van der Waals surface area contributed by atoms with Crippen LogP contribution in [0.25, 0.3) is 0 Å². The third kappa shape index (κ3) is 7.32. The summed E-state index contributed by atoms with van der Waals surface area (Å²) in [5, 5.41) is 3.41. The van der Waals surface area contributed by atoms with E-state index in [1.54, 1.807) is 7.11 Å². The maximum Gasteiger partial charge on any atom is 0.193 e. The highest BCUT2D eigenvalue weighted by Crippen LogP contribution is 2.25. The first-order chi connectivity index (χ1) is 13.4. The van der Waals surface area contributed by atoms with Crippen LogP contribution in [0, 0.1) is 5.92 Å². The van der Waals surface area contributed by atoms with E-state index in [1.165, 1.54) is 5.56 Å². The second-order valence-electron chi connectivity index (χ2n) is 8.27. The molecule has 1 aliphatic rings. The third-order valence-corrected chi connectivity index (χ3v) is 4.94. The van der Waals surface area contributed by atoms with Crippen molar-refractivity contribution in [2.45, 2.75) is 32.6 Å². The molecule has 28 heavy (non-hydrogen) atoms. The molecule has 0 spiro atoms. The van der Waals surface area contributed by atoms with Crippen LogP contribution in [0.1, 0.15) is 32.8 Å². The summed E-state index contributed by atoms with van der Waals surface area (Å²) < 4.78 is 16.6. The molecule has 1 aliphatic heterocycles. The Hall–Kier alpha value is -1.79. The molecule has 0 amide bonds. The number of ether oxygens (including phenoxy) is 3. The fourth-order valence-electron chi connectivity index (χ4n) is 3.27. The van der Waals surface area contributed by atoms with Crippen LogP contribution in [-0.2, 0) is 14.9 Å². The Bertz CT molecular complexity index is 613. The molecule has 0 saturated carbocycles. The summed E-state index contributed by atoms with van der Waals surface area (Å²) in [5.41, 5.74) is 1.41. The van der Waals surface area contributed by atoms with Crippen LogP contribution in [-0.4, -0.2) is 71.1 Å². The average Bonchev–Trinajstić information content (AvgIpc) is 3.13. The van der Waals surface area contributed by atoms with Crippen molar-refractivity contribution < 1.29 is 14.2 Å². The summed E-state index contributed by atoms with van der Waals surface area (Å²) >= 11 is 0. The van der Waals surface area contributed by atoms with E-state index in [0.29, 0.717) is 25.7 Å². The van der Waals surface area contributed by atoms with Crippen molar-refractivity contribution in [2.75, 3.05) is 60.2 Å². The lowest BCUT2D eigenvalue weighted by atomic mass is 9.87. The standard InChI is InChI=1S/C22H37N3O3/c1-22(2,3)19-7-6-8-20(15-19)28-12-10-24-21(23-4)25-11-9-18(16-25)17-27-14-13-26-5/h6-8,15,18H,9-14,16-17H2,1-5H3,(H,23,24). The van der Waals surface area contributed by atoms with Gasteiger partial charge in [-0.05, 0) is 29.5 Å². The van der Waals surface area contributed by atoms with E-state index < -0.39 is 0 Å². The Morgan fingerprint density at radius 2 is 2.07 bits per heavy atom. The molecule has 1 heterocycles. The predicted octanol–water partition coefficient (Wildman–Crippen LogP) is 2.92. The van der Waals surface area contributed by atoms with Crippen LogP contribution < -0.4 is 10.1 Å². The molecular weight excluding hydrogens is 354 g/mol. The molecule has 1 fully saturated rings. The lowest BCUT2D eigenvalue weighted by molar-refractivity contribution is 0.0536. The first kappa shape index (κ1) is 22.5. The summed E-state index contributed by atoms with van der Waals surface area (Å²) in [6.07, 6.45) is 1.13. The molecule has 1 aromatic carbocycles. The Kier molecular flexibility index (Phi) is 9.06. The summed E-state index contributed by atoms with van der Waals surface area (Å²) in [4.78, 5) is 6.72. The SMILES string of the molecule is CN=C(NCCOc1cccc(C(C)(C)C)c1)N1CCC(COCCOC)C1. The monoisotopic (exact) mass is 391 g/mol. The molecular formula is C22H37N3O3. The lowest BCUT2D eigenvalue weighted by Crippen LogP contribution is -2.41. The highest BCUT2D eigenvalue weighted by atomic mass is 16.5. The van der Waals surface area contributed by atoms with Gasteiger partial charge in [0.25, 0.3) is 0 Å². The van der Waals surface area contributed by atoms with Crippen molar-refractivity contribution in [3.05, 3.63) is 29.8 Å². The zero-order valence-electron chi connectivity index (χ0n) is 18.2. The number of rotatable bonds is 9. The number of hydrogen-bond acceptors (Lipinski definition) is 4. The normalized spacial score (nSPS) is 17.8. The molecule has 2 rings (SSSR count). The van der Waals surface area contributed by atoms with Gasteiger partial charge in [-0.1, -0.05) is 32.9 Å². The Morgan fingerprint density at radius 3 is 2.79 bits per heavy atom. The quantitative estimate of drug-likeness (QED) is 0.398. The van der Waals surface area contributed by atoms with E-state index in [9.17, 15) is 0 Å². The Labute approximate surface area is 170 Å². The van der Waals surface area contributed by atoms with Gasteiger partial charge < -0.3 is 24.4 Å². The molecule has 1 aromatic rings. The minimum atomic E-state index is 0.124. The van der Waals surface area contributed by atoms with Gasteiger partial charge in [-0.3, -0.25) is 4.99 Å². The van der Waals surface area contributed by atoms with Crippen LogP contribution in [0.2, 0.25) is 0 Å². The molecule has 0 aliphatic carbocycles. The number of guanidine groups is 1. The number of benzene rings is 1. The highest BCUT2D eigenvalue weighted by Gasteiger charge is 2.24. The van der Waals surface area contributed by atoms with E-state index in [0.717, 1.165) is 44.4 Å². The molecule has 1 atom stereocenters. The zero-order valence-corrected chi connectivity index (χ0v) is 18.2. The fraction of sp³-hybridized carbons (Fsp3) is 0.682. The van der Waals surface area contributed by atoms with Crippen molar-refractivity contribution in [2.24, 2.45) is 10.9 Å². The average molecular weight is 392 g/mol. The summed E-state index contributed by atoms with van der Waals surface area (Å²) in [6, 6.07) is 8.35. The minimum absolute atomic E-state index is 0.124. The maximum atomic E-state index is 5.93. The molecule has 1 unspecified atom stereocenters. The van der Waals surface area contributed by atoms with Gasteiger partial charge in [0.2, 0.25) is 0 Å². The molecule has 0 bridgehead atoms. The topological polar surface area (TPSA) is 55.3 Å². The second kappa shape index (κ2) is 11.3. The van der Waals surface area contributed by atoms with Gasteiger partial charge in [-0.25, -0.2) is 0 Å². The van der Waals surface area contributed by atoms with E-state index in [-0.39, 0.29) is 5.41 Å². The molecule has 0 aromatic heterocycles. The van der Waals surface area contributed by atoms with Gasteiger partial charge in [0.15, 0.2) is 5.96 Å². The van der Waals surface area contributed by atoms with Gasteiger partial charge in [0.05, 0.1) is 26.4 Å². The van der Waals surface area contributed by atoms with E-state index in [2.05, 4.69) is 54.2 Å². The summed E-state index contributed by atoms with van der Waals surface area (Å²) in [5.74, 6) is 2.40.